The van der Waals surface area contributed by atoms with Gasteiger partial charge in [0.15, 0.2) is 0 Å². The van der Waals surface area contributed by atoms with Gasteiger partial charge in [-0.05, 0) is 25.2 Å². The summed E-state index contributed by atoms with van der Waals surface area (Å²) in [5.74, 6) is -1.31. The predicted octanol–water partition coefficient (Wildman–Crippen LogP) is 2.35. The summed E-state index contributed by atoms with van der Waals surface area (Å²) in [7, 11) is 0. The lowest BCUT2D eigenvalue weighted by Crippen LogP contribution is -2.34. The molecule has 0 spiro atoms. The summed E-state index contributed by atoms with van der Waals surface area (Å²) in [5, 5.41) is 9.11. The molecule has 0 heterocycles. The lowest BCUT2D eigenvalue weighted by Gasteiger charge is -2.31. The zero-order chi connectivity index (χ0) is 9.35. The normalized spacial score (nSPS) is 38.2. The second-order valence-electron chi connectivity index (χ2n) is 3.70. The van der Waals surface area contributed by atoms with Crippen LogP contribution in [0.2, 0.25) is 0 Å². The van der Waals surface area contributed by atoms with Crippen molar-refractivity contribution in [2.45, 2.75) is 38.5 Å². The molecule has 1 N–H and O–H groups in total. The molecule has 1 rings (SSSR count). The fraction of sp³-hybridized carbons (Fsp3) is 1.00. The average molecular weight is 182 g/mol. The molecule has 0 saturated heterocycles. The molecular weight excluding hydrogens is 169 g/mol. The van der Waals surface area contributed by atoms with Crippen molar-refractivity contribution >= 4 is 0 Å². The van der Waals surface area contributed by atoms with Crippen LogP contribution in [0.3, 0.4) is 0 Å². The van der Waals surface area contributed by atoms with Crippen LogP contribution in [-0.4, -0.2) is 17.4 Å². The maximum atomic E-state index is 12.2. The Morgan fingerprint density at radius 2 is 1.75 bits per heavy atom. The van der Waals surface area contributed by atoms with Crippen molar-refractivity contribution in [3.63, 3.8) is 0 Å². The summed E-state index contributed by atoms with van der Waals surface area (Å²) in [4.78, 5) is 0. The molecule has 3 atom stereocenters. The van der Waals surface area contributed by atoms with Gasteiger partial charge in [0.25, 0.3) is 0 Å². The van der Waals surface area contributed by atoms with Gasteiger partial charge in [0.05, 0.1) is 12.0 Å². The number of aliphatic hydroxyl groups excluding tert-OH is 1. The zero-order valence-electron chi connectivity index (χ0n) is 6.93. The van der Waals surface area contributed by atoms with E-state index in [0.29, 0.717) is 6.42 Å². The Morgan fingerprint density at radius 3 is 2.17 bits per heavy atom. The van der Waals surface area contributed by atoms with Gasteiger partial charge in [-0.1, -0.05) is 6.92 Å². The van der Waals surface area contributed by atoms with E-state index in [-0.39, 0.29) is 18.8 Å². The van der Waals surface area contributed by atoms with Crippen LogP contribution in [0.5, 0.6) is 0 Å². The van der Waals surface area contributed by atoms with E-state index in [1.54, 1.807) is 6.92 Å². The molecule has 0 aromatic carbocycles. The Balaban J connectivity index is 2.55. The predicted molar refractivity (Wildman–Crippen MR) is 38.6 cm³/mol. The molecule has 0 radical (unpaired) electrons. The van der Waals surface area contributed by atoms with Crippen LogP contribution in [0.25, 0.3) is 0 Å². The van der Waals surface area contributed by atoms with Gasteiger partial charge in [-0.2, -0.15) is 13.2 Å². The average Bonchev–Trinajstić information content (AvgIpc) is 1.82. The molecule has 0 aromatic heterocycles. The summed E-state index contributed by atoms with van der Waals surface area (Å²) < 4.78 is 36.5. The van der Waals surface area contributed by atoms with Gasteiger partial charge in [-0.25, -0.2) is 0 Å². The zero-order valence-corrected chi connectivity index (χ0v) is 6.93. The van der Waals surface area contributed by atoms with Crippen molar-refractivity contribution in [3.8, 4) is 0 Å². The number of hydrogen-bond donors (Lipinski definition) is 1. The Hall–Kier alpha value is -0.250. The highest BCUT2D eigenvalue weighted by Crippen LogP contribution is 2.39. The SMILES string of the molecule is C[C@@H]1CC(O)C[C@H](C(F)(F)F)C1. The number of halogens is 3. The van der Waals surface area contributed by atoms with Gasteiger partial charge in [-0.15, -0.1) is 0 Å². The number of aliphatic hydroxyl groups is 1. The minimum atomic E-state index is -4.13. The Labute approximate surface area is 69.6 Å². The molecule has 12 heavy (non-hydrogen) atoms. The highest BCUT2D eigenvalue weighted by molar-refractivity contribution is 4.80. The van der Waals surface area contributed by atoms with E-state index >= 15 is 0 Å². The van der Waals surface area contributed by atoms with Crippen molar-refractivity contribution < 1.29 is 18.3 Å². The molecule has 1 saturated carbocycles. The molecule has 1 aliphatic carbocycles. The molecule has 0 aliphatic heterocycles. The fourth-order valence-electron chi connectivity index (χ4n) is 1.83. The summed E-state index contributed by atoms with van der Waals surface area (Å²) in [5.41, 5.74) is 0. The second kappa shape index (κ2) is 3.24. The summed E-state index contributed by atoms with van der Waals surface area (Å²) in [6, 6.07) is 0. The largest absolute Gasteiger partial charge is 0.393 e. The minimum Gasteiger partial charge on any atom is -0.393 e. The molecule has 0 amide bonds. The van der Waals surface area contributed by atoms with Crippen LogP contribution in [0.1, 0.15) is 26.2 Å². The van der Waals surface area contributed by atoms with Gasteiger partial charge in [0.2, 0.25) is 0 Å². The first kappa shape index (κ1) is 9.84. The molecule has 0 bridgehead atoms. The molecule has 1 fully saturated rings. The highest BCUT2D eigenvalue weighted by atomic mass is 19.4. The van der Waals surface area contributed by atoms with Gasteiger partial charge in [-0.3, -0.25) is 0 Å². The first-order valence-electron chi connectivity index (χ1n) is 4.14. The summed E-state index contributed by atoms with van der Waals surface area (Å²) in [6.07, 6.45) is -4.34. The van der Waals surface area contributed by atoms with Crippen molar-refractivity contribution in [2.24, 2.45) is 11.8 Å². The van der Waals surface area contributed by atoms with Crippen LogP contribution in [0.15, 0.2) is 0 Å². The van der Waals surface area contributed by atoms with E-state index in [9.17, 15) is 13.2 Å². The first-order chi connectivity index (χ1) is 5.39. The van der Waals surface area contributed by atoms with Crippen LogP contribution >= 0.6 is 0 Å². The van der Waals surface area contributed by atoms with Gasteiger partial charge in [0, 0.05) is 0 Å². The summed E-state index contributed by atoms with van der Waals surface area (Å²) >= 11 is 0. The lowest BCUT2D eigenvalue weighted by molar-refractivity contribution is -0.193. The van der Waals surface area contributed by atoms with E-state index < -0.39 is 18.2 Å². The maximum absolute atomic E-state index is 12.2. The molecule has 72 valence electrons. The number of alkyl halides is 3. The number of rotatable bonds is 0. The van der Waals surface area contributed by atoms with Crippen LogP contribution in [0.4, 0.5) is 13.2 Å². The smallest absolute Gasteiger partial charge is 0.391 e. The topological polar surface area (TPSA) is 20.2 Å². The van der Waals surface area contributed by atoms with Crippen molar-refractivity contribution in [3.05, 3.63) is 0 Å². The Bertz CT molecular complexity index is 145. The van der Waals surface area contributed by atoms with E-state index in [2.05, 4.69) is 0 Å². The minimum absolute atomic E-state index is 0.0135. The standard InChI is InChI=1S/C8H13F3O/c1-5-2-6(8(9,10)11)4-7(12)3-5/h5-7,12H,2-4H2,1H3/t5-,6+,7?/m0/s1. The monoisotopic (exact) mass is 182 g/mol. The van der Waals surface area contributed by atoms with Gasteiger partial charge in [0.1, 0.15) is 0 Å². The van der Waals surface area contributed by atoms with Crippen molar-refractivity contribution in [2.75, 3.05) is 0 Å². The molecule has 1 unspecified atom stereocenters. The summed E-state index contributed by atoms with van der Waals surface area (Å²) in [6.45, 7) is 1.75. The van der Waals surface area contributed by atoms with E-state index in [1.807, 2.05) is 0 Å². The van der Waals surface area contributed by atoms with E-state index in [4.69, 9.17) is 5.11 Å². The van der Waals surface area contributed by atoms with E-state index in [1.165, 1.54) is 0 Å². The molecular formula is C8H13F3O. The maximum Gasteiger partial charge on any atom is 0.391 e. The molecule has 1 nitrogen and oxygen atoms in total. The lowest BCUT2D eigenvalue weighted by atomic mass is 9.80. The van der Waals surface area contributed by atoms with Crippen LogP contribution < -0.4 is 0 Å². The van der Waals surface area contributed by atoms with Crippen molar-refractivity contribution in [1.82, 2.24) is 0 Å². The fourth-order valence-corrected chi connectivity index (χ4v) is 1.83. The van der Waals surface area contributed by atoms with E-state index in [0.717, 1.165) is 0 Å². The molecule has 1 aliphatic rings. The first-order valence-corrected chi connectivity index (χ1v) is 4.14. The van der Waals surface area contributed by atoms with Gasteiger partial charge >= 0.3 is 6.18 Å². The molecule has 0 aromatic rings. The highest BCUT2D eigenvalue weighted by Gasteiger charge is 2.43. The van der Waals surface area contributed by atoms with Crippen molar-refractivity contribution in [1.29, 1.82) is 0 Å². The van der Waals surface area contributed by atoms with Crippen LogP contribution in [0, 0.1) is 11.8 Å². The quantitative estimate of drug-likeness (QED) is 0.609. The molecule has 4 heteroatoms. The Kier molecular flexibility index (Phi) is 2.66. The Morgan fingerprint density at radius 1 is 1.17 bits per heavy atom. The third kappa shape index (κ3) is 2.37. The van der Waals surface area contributed by atoms with Gasteiger partial charge < -0.3 is 5.11 Å². The third-order valence-electron chi connectivity index (χ3n) is 2.38. The van der Waals surface area contributed by atoms with Crippen LogP contribution in [-0.2, 0) is 0 Å². The number of hydrogen-bond acceptors (Lipinski definition) is 1. The third-order valence-corrected chi connectivity index (χ3v) is 2.38. The second-order valence-corrected chi connectivity index (χ2v) is 3.70.